The first-order chi connectivity index (χ1) is 31.8. The normalized spacial score (nSPS) is 46.9. The number of aliphatic hydroxyl groups is 1. The minimum Gasteiger partial charge on any atom is -0.462 e. The Morgan fingerprint density at radius 3 is 1.96 bits per heavy atom. The van der Waals surface area contributed by atoms with E-state index in [1.807, 2.05) is 13.8 Å². The van der Waals surface area contributed by atoms with E-state index < -0.39 is 84.6 Å². The molecule has 3 saturated heterocycles. The van der Waals surface area contributed by atoms with Crippen molar-refractivity contribution in [2.24, 2.45) is 34.5 Å². The molecule has 9 aliphatic rings. The maximum Gasteiger partial charge on any atom is 0.331 e. The molecule has 2 unspecified atom stereocenters. The molecule has 1 N–H and O–H groups in total. The second-order valence-electron chi connectivity index (χ2n) is 22.2. The first-order valence-electron chi connectivity index (χ1n) is 25.6. The van der Waals surface area contributed by atoms with Gasteiger partial charge in [0.15, 0.2) is 18.9 Å². The highest BCUT2D eigenvalue weighted by molar-refractivity contribution is 5.85. The largest absolute Gasteiger partial charge is 0.462 e. The zero-order valence-corrected chi connectivity index (χ0v) is 41.0. The lowest BCUT2D eigenvalue weighted by atomic mass is 9.42. The van der Waals surface area contributed by atoms with E-state index in [1.165, 1.54) is 40.0 Å². The van der Waals surface area contributed by atoms with Crippen LogP contribution < -0.4 is 0 Å². The van der Waals surface area contributed by atoms with E-state index >= 15 is 0 Å². The zero-order chi connectivity index (χ0) is 47.6. The van der Waals surface area contributed by atoms with Gasteiger partial charge in [0.05, 0.1) is 30.0 Å². The molecule has 0 aromatic carbocycles. The molecule has 9 rings (SSSR count). The van der Waals surface area contributed by atoms with Crippen molar-refractivity contribution in [3.8, 4) is 0 Å². The number of hydrogen-bond donors (Lipinski definition) is 1. The lowest BCUT2D eigenvalue weighted by Gasteiger charge is -2.65. The minimum absolute atomic E-state index is 0.00731. The van der Waals surface area contributed by atoms with E-state index in [1.54, 1.807) is 6.08 Å². The van der Waals surface area contributed by atoms with Crippen molar-refractivity contribution in [2.75, 3.05) is 19.7 Å². The van der Waals surface area contributed by atoms with Crippen LogP contribution in [0.2, 0.25) is 0 Å². The third-order valence-corrected chi connectivity index (χ3v) is 18.3. The predicted octanol–water partition coefficient (Wildman–Crippen LogP) is 6.06. The summed E-state index contributed by atoms with van der Waals surface area (Å²) < 4.78 is 62.7. The number of carbonyl (C=O) groups is 4. The highest BCUT2D eigenvalue weighted by Gasteiger charge is 2.72. The molecule has 4 heterocycles. The maximum atomic E-state index is 13.0. The number of esters is 4. The third kappa shape index (κ3) is 9.61. The minimum atomic E-state index is -1.07. The Labute approximate surface area is 396 Å². The molecule has 0 amide bonds. The van der Waals surface area contributed by atoms with Crippen LogP contribution >= 0.6 is 0 Å². The smallest absolute Gasteiger partial charge is 0.331 e. The van der Waals surface area contributed by atoms with Crippen LogP contribution in [0.5, 0.6) is 0 Å². The fourth-order valence-electron chi connectivity index (χ4n) is 14.9. The standard InChI is InChI=1S/C51H77NO15/c1-27-25-52(35-10-9-11-35)19-16-44(59-27)66-47-28(2)61-46(24-41(47)63-31(5)54)67-48-29(3)60-45(23-40(48)62-30(4)53)65-36-14-17-49(7)34(21-36)12-13-38-39(49)22-42(64-32(6)55)50(8)37(15-18-51(38,50)57)33-20-43(56)58-26-33/h20,27-29,34-42,44-48,57H,9-19,21-26H2,1-8H3/t27?,28-,29-,34-,36+,37-,38-,39+,40+,41+,42-,44?,45+,46+,47-,48-,49+,50+,51+/m1/s1. The summed E-state index contributed by atoms with van der Waals surface area (Å²) in [5, 5.41) is 13.0. The maximum absolute atomic E-state index is 13.0. The van der Waals surface area contributed by atoms with E-state index in [0.717, 1.165) is 50.8 Å². The van der Waals surface area contributed by atoms with Crippen LogP contribution in [0.4, 0.5) is 0 Å². The van der Waals surface area contributed by atoms with Gasteiger partial charge < -0.3 is 52.5 Å². The van der Waals surface area contributed by atoms with Gasteiger partial charge in [0.2, 0.25) is 0 Å². The Hall–Kier alpha value is -2.70. The fraction of sp³-hybridized carbons (Fsp3) is 0.882. The summed E-state index contributed by atoms with van der Waals surface area (Å²) in [5.41, 5.74) is -1.05. The van der Waals surface area contributed by atoms with Crippen molar-refractivity contribution >= 4 is 23.9 Å². The second kappa shape index (κ2) is 19.5. The SMILES string of the molecule is CC(=O)O[C@H]1C[C@H](O[C@H]2[C@@H](OC(C)=O)C[C@H](O[C@H]3CC[C@@]4(C)[C@H](CC[C@@H]5[C@@H]4C[C@@H](OC(C)=O)[C@]4(C)[C@@H](C6=CC(=O)OC6)CC[C@]54O)C3)O[C@@H]2C)O[C@H](C)[C@H]1OC1CCN(C2CCC2)CC(C)O1. The molecule has 0 aromatic heterocycles. The molecule has 8 fully saturated rings. The van der Waals surface area contributed by atoms with Crippen LogP contribution in [0.15, 0.2) is 11.6 Å². The zero-order valence-electron chi connectivity index (χ0n) is 41.0. The average molecular weight is 944 g/mol. The first kappa shape index (κ1) is 49.3. The summed E-state index contributed by atoms with van der Waals surface area (Å²) in [5.74, 6) is -1.25. The summed E-state index contributed by atoms with van der Waals surface area (Å²) in [7, 11) is 0. The average Bonchev–Trinajstić information content (AvgIpc) is 3.71. The van der Waals surface area contributed by atoms with Gasteiger partial charge in [0, 0.05) is 70.7 Å². The van der Waals surface area contributed by atoms with Gasteiger partial charge in [-0.15, -0.1) is 0 Å². The van der Waals surface area contributed by atoms with Gasteiger partial charge in [-0.2, -0.15) is 0 Å². The summed E-state index contributed by atoms with van der Waals surface area (Å²) in [6.45, 7) is 16.4. The number of rotatable bonds is 11. The van der Waals surface area contributed by atoms with Crippen LogP contribution in [-0.2, 0) is 66.5 Å². The Bertz CT molecular complexity index is 1880. The van der Waals surface area contributed by atoms with Gasteiger partial charge in [-0.1, -0.05) is 20.3 Å². The molecule has 0 aromatic rings. The van der Waals surface area contributed by atoms with Gasteiger partial charge in [-0.25, -0.2) is 4.79 Å². The van der Waals surface area contributed by atoms with E-state index in [2.05, 4.69) is 25.7 Å². The number of nitrogens with zero attached hydrogens (tertiary/aromatic N) is 1. The van der Waals surface area contributed by atoms with Crippen molar-refractivity contribution < 1.29 is 71.7 Å². The molecule has 5 saturated carbocycles. The van der Waals surface area contributed by atoms with Crippen molar-refractivity contribution in [1.82, 2.24) is 4.90 Å². The Morgan fingerprint density at radius 2 is 1.36 bits per heavy atom. The van der Waals surface area contributed by atoms with Gasteiger partial charge in [-0.05, 0) is 120 Å². The number of cyclic esters (lactones) is 1. The van der Waals surface area contributed by atoms with Crippen LogP contribution in [0.3, 0.4) is 0 Å². The van der Waals surface area contributed by atoms with Gasteiger partial charge in [-0.3, -0.25) is 19.3 Å². The molecular formula is C51H77NO15. The number of fused-ring (bicyclic) bond motifs is 5. The summed E-state index contributed by atoms with van der Waals surface area (Å²) >= 11 is 0. The highest BCUT2D eigenvalue weighted by atomic mass is 16.7. The summed E-state index contributed by atoms with van der Waals surface area (Å²) in [4.78, 5) is 52.4. The molecule has 376 valence electrons. The molecule has 0 spiro atoms. The topological polar surface area (TPSA) is 184 Å². The summed E-state index contributed by atoms with van der Waals surface area (Å²) in [6, 6.07) is 0.607. The second-order valence-corrected chi connectivity index (χ2v) is 22.2. The molecule has 16 heteroatoms. The molecule has 0 bridgehead atoms. The summed E-state index contributed by atoms with van der Waals surface area (Å²) in [6.07, 6.45) is 6.44. The number of carbonyl (C=O) groups excluding carboxylic acids is 4. The quantitative estimate of drug-likeness (QED) is 0.143. The molecular weight excluding hydrogens is 867 g/mol. The van der Waals surface area contributed by atoms with Crippen LogP contribution in [-0.4, -0.2) is 139 Å². The van der Waals surface area contributed by atoms with E-state index in [4.69, 9.17) is 47.4 Å². The van der Waals surface area contributed by atoms with Gasteiger partial charge in [0.1, 0.15) is 37.1 Å². The molecule has 5 aliphatic carbocycles. The first-order valence-corrected chi connectivity index (χ1v) is 25.6. The lowest BCUT2D eigenvalue weighted by Crippen LogP contribution is -2.67. The Morgan fingerprint density at radius 1 is 0.716 bits per heavy atom. The predicted molar refractivity (Wildman–Crippen MR) is 238 cm³/mol. The van der Waals surface area contributed by atoms with Crippen LogP contribution in [0.1, 0.15) is 145 Å². The van der Waals surface area contributed by atoms with Crippen molar-refractivity contribution in [2.45, 2.75) is 231 Å². The van der Waals surface area contributed by atoms with Crippen molar-refractivity contribution in [3.63, 3.8) is 0 Å². The van der Waals surface area contributed by atoms with E-state index in [-0.39, 0.29) is 66.8 Å². The molecule has 0 radical (unpaired) electrons. The lowest BCUT2D eigenvalue weighted by molar-refractivity contribution is -0.330. The molecule has 67 heavy (non-hydrogen) atoms. The molecule has 4 aliphatic heterocycles. The van der Waals surface area contributed by atoms with Crippen LogP contribution in [0.25, 0.3) is 0 Å². The van der Waals surface area contributed by atoms with Gasteiger partial charge in [0.25, 0.3) is 0 Å². The number of hydrogen-bond acceptors (Lipinski definition) is 16. The van der Waals surface area contributed by atoms with E-state index in [0.29, 0.717) is 37.6 Å². The monoisotopic (exact) mass is 944 g/mol. The van der Waals surface area contributed by atoms with Crippen LogP contribution in [0, 0.1) is 34.5 Å². The van der Waals surface area contributed by atoms with Crippen molar-refractivity contribution in [1.29, 1.82) is 0 Å². The van der Waals surface area contributed by atoms with Crippen molar-refractivity contribution in [3.05, 3.63) is 11.6 Å². The fourth-order valence-corrected chi connectivity index (χ4v) is 14.9. The molecule has 16 nitrogen and oxygen atoms in total. The Kier molecular flexibility index (Phi) is 14.3. The van der Waals surface area contributed by atoms with E-state index in [9.17, 15) is 24.3 Å². The third-order valence-electron chi connectivity index (χ3n) is 18.3. The Balaban J connectivity index is 0.831. The number of ether oxygens (including phenoxy) is 10. The highest BCUT2D eigenvalue weighted by Crippen LogP contribution is 2.70. The molecule has 19 atom stereocenters. The van der Waals surface area contributed by atoms with Gasteiger partial charge >= 0.3 is 23.9 Å².